The van der Waals surface area contributed by atoms with Gasteiger partial charge in [0.1, 0.15) is 11.8 Å². The van der Waals surface area contributed by atoms with Gasteiger partial charge in [0.05, 0.1) is 11.9 Å². The number of nitrogens with two attached hydrogens (primary N) is 1. The van der Waals surface area contributed by atoms with Gasteiger partial charge in [0, 0.05) is 12.6 Å². The minimum absolute atomic E-state index is 0.287. The first-order valence-electron chi connectivity index (χ1n) is 5.63. The van der Waals surface area contributed by atoms with Gasteiger partial charge in [0.2, 0.25) is 0 Å². The number of hydrogen-bond acceptors (Lipinski definition) is 4. The summed E-state index contributed by atoms with van der Waals surface area (Å²) in [6.45, 7) is 2.77. The number of aromatic nitrogens is 1. The number of rotatable bonds is 6. The van der Waals surface area contributed by atoms with Gasteiger partial charge in [-0.3, -0.25) is 0 Å². The van der Waals surface area contributed by atoms with Gasteiger partial charge in [0.25, 0.3) is 0 Å². The van der Waals surface area contributed by atoms with E-state index >= 15 is 0 Å². The number of anilines is 1. The summed E-state index contributed by atoms with van der Waals surface area (Å²) in [5, 5.41) is 11.9. The molecule has 1 atom stereocenters. The van der Waals surface area contributed by atoms with Crippen LogP contribution >= 0.6 is 0 Å². The van der Waals surface area contributed by atoms with E-state index in [0.717, 1.165) is 12.1 Å². The fourth-order valence-electron chi connectivity index (χ4n) is 1.48. The number of nitrogens with zero attached hydrogens (tertiary/aromatic N) is 2. The van der Waals surface area contributed by atoms with Crippen LogP contribution in [0.1, 0.15) is 31.9 Å². The Kier molecular flexibility index (Phi) is 5.30. The summed E-state index contributed by atoms with van der Waals surface area (Å²) in [7, 11) is 0. The van der Waals surface area contributed by atoms with Crippen LogP contribution in [0.4, 0.5) is 5.69 Å². The fourth-order valence-corrected chi connectivity index (χ4v) is 1.48. The first kappa shape index (κ1) is 12.5. The van der Waals surface area contributed by atoms with E-state index in [1.165, 1.54) is 12.8 Å². The number of unbranched alkanes of at least 4 members (excludes halogenated alkanes) is 1. The van der Waals surface area contributed by atoms with Crippen molar-refractivity contribution in [1.29, 1.82) is 5.26 Å². The van der Waals surface area contributed by atoms with E-state index < -0.39 is 0 Å². The molecular weight excluding hydrogens is 200 g/mol. The average Bonchev–Trinajstić information content (AvgIpc) is 2.35. The highest BCUT2D eigenvalue weighted by Crippen LogP contribution is 2.10. The van der Waals surface area contributed by atoms with Gasteiger partial charge in [0.15, 0.2) is 0 Å². The van der Waals surface area contributed by atoms with Crippen molar-refractivity contribution in [2.24, 2.45) is 5.73 Å². The van der Waals surface area contributed by atoms with E-state index in [9.17, 15) is 0 Å². The summed E-state index contributed by atoms with van der Waals surface area (Å²) >= 11 is 0. The third-order valence-electron chi connectivity index (χ3n) is 2.44. The van der Waals surface area contributed by atoms with Gasteiger partial charge in [-0.15, -0.1) is 0 Å². The molecule has 0 aliphatic heterocycles. The third kappa shape index (κ3) is 3.87. The predicted octanol–water partition coefficient (Wildman–Crippen LogP) is 1.88. The molecule has 0 fully saturated rings. The molecule has 16 heavy (non-hydrogen) atoms. The van der Waals surface area contributed by atoms with Crippen LogP contribution in [-0.4, -0.2) is 17.6 Å². The van der Waals surface area contributed by atoms with Crippen molar-refractivity contribution in [2.45, 2.75) is 32.2 Å². The molecule has 1 aromatic heterocycles. The fraction of sp³-hybridized carbons (Fsp3) is 0.500. The van der Waals surface area contributed by atoms with Gasteiger partial charge >= 0.3 is 0 Å². The third-order valence-corrected chi connectivity index (χ3v) is 2.44. The highest BCUT2D eigenvalue weighted by molar-refractivity contribution is 5.43. The summed E-state index contributed by atoms with van der Waals surface area (Å²) in [4.78, 5) is 4.00. The number of nitrogens with one attached hydrogen (secondary N) is 1. The van der Waals surface area contributed by atoms with Crippen molar-refractivity contribution in [3.8, 4) is 6.07 Å². The SMILES string of the molecule is CCCCC(CN)Nc1ccc(C#N)nc1. The lowest BCUT2D eigenvalue weighted by Gasteiger charge is -2.17. The molecule has 0 aromatic carbocycles. The van der Waals surface area contributed by atoms with Crippen molar-refractivity contribution >= 4 is 5.69 Å². The molecule has 0 amide bonds. The smallest absolute Gasteiger partial charge is 0.140 e. The Morgan fingerprint density at radius 2 is 2.38 bits per heavy atom. The van der Waals surface area contributed by atoms with Crippen molar-refractivity contribution in [1.82, 2.24) is 4.98 Å². The molecular formula is C12H18N4. The maximum absolute atomic E-state index is 8.62. The molecule has 3 N–H and O–H groups in total. The summed E-state index contributed by atoms with van der Waals surface area (Å²) in [5.41, 5.74) is 7.04. The van der Waals surface area contributed by atoms with E-state index in [-0.39, 0.29) is 6.04 Å². The Hall–Kier alpha value is -1.60. The molecule has 86 valence electrons. The zero-order valence-corrected chi connectivity index (χ0v) is 9.61. The molecule has 0 saturated carbocycles. The number of hydrogen-bond donors (Lipinski definition) is 2. The minimum atomic E-state index is 0.287. The molecule has 4 heteroatoms. The van der Waals surface area contributed by atoms with Crippen molar-refractivity contribution < 1.29 is 0 Å². The van der Waals surface area contributed by atoms with Gasteiger partial charge < -0.3 is 11.1 Å². The van der Waals surface area contributed by atoms with Crippen molar-refractivity contribution in [3.63, 3.8) is 0 Å². The monoisotopic (exact) mass is 218 g/mol. The molecule has 1 aromatic rings. The highest BCUT2D eigenvalue weighted by Gasteiger charge is 2.05. The van der Waals surface area contributed by atoms with Crippen molar-refractivity contribution in [3.05, 3.63) is 24.0 Å². The largest absolute Gasteiger partial charge is 0.380 e. The maximum Gasteiger partial charge on any atom is 0.140 e. The van der Waals surface area contributed by atoms with Crippen LogP contribution in [0.5, 0.6) is 0 Å². The number of pyridine rings is 1. The molecule has 0 radical (unpaired) electrons. The Morgan fingerprint density at radius 1 is 1.56 bits per heavy atom. The van der Waals surface area contributed by atoms with Crippen LogP contribution in [0.3, 0.4) is 0 Å². The van der Waals surface area contributed by atoms with E-state index in [4.69, 9.17) is 11.0 Å². The summed E-state index contributed by atoms with van der Waals surface area (Å²) in [6, 6.07) is 5.84. The number of nitriles is 1. The van der Waals surface area contributed by atoms with Crippen LogP contribution in [0, 0.1) is 11.3 Å². The lowest BCUT2D eigenvalue weighted by Crippen LogP contribution is -2.28. The summed E-state index contributed by atoms with van der Waals surface area (Å²) in [5.74, 6) is 0. The molecule has 0 spiro atoms. The Morgan fingerprint density at radius 3 is 2.88 bits per heavy atom. The van der Waals surface area contributed by atoms with Gasteiger partial charge in [-0.25, -0.2) is 4.98 Å². The second kappa shape index (κ2) is 6.81. The second-order valence-corrected chi connectivity index (χ2v) is 3.76. The van der Waals surface area contributed by atoms with Crippen LogP contribution in [0.15, 0.2) is 18.3 Å². The average molecular weight is 218 g/mol. The normalized spacial score (nSPS) is 11.8. The molecule has 0 bridgehead atoms. The molecule has 0 aliphatic rings. The molecule has 1 heterocycles. The Balaban J connectivity index is 2.53. The van der Waals surface area contributed by atoms with Crippen LogP contribution < -0.4 is 11.1 Å². The van der Waals surface area contributed by atoms with Crippen LogP contribution in [-0.2, 0) is 0 Å². The lowest BCUT2D eigenvalue weighted by atomic mass is 10.1. The molecule has 4 nitrogen and oxygen atoms in total. The summed E-state index contributed by atoms with van der Waals surface area (Å²) in [6.07, 6.45) is 5.07. The standard InChI is InChI=1S/C12H18N4/c1-2-3-4-11(8-14)16-12-6-5-10(7-13)15-9-12/h5-6,9,11,16H,2-4,8,14H2,1H3. The topological polar surface area (TPSA) is 74.7 Å². The second-order valence-electron chi connectivity index (χ2n) is 3.76. The summed E-state index contributed by atoms with van der Waals surface area (Å²) < 4.78 is 0. The van der Waals surface area contributed by atoms with E-state index in [1.54, 1.807) is 12.3 Å². The van der Waals surface area contributed by atoms with Crippen LogP contribution in [0.25, 0.3) is 0 Å². The van der Waals surface area contributed by atoms with Gasteiger partial charge in [-0.2, -0.15) is 5.26 Å². The first-order chi connectivity index (χ1) is 7.80. The van der Waals surface area contributed by atoms with E-state index in [1.807, 2.05) is 12.1 Å². The lowest BCUT2D eigenvalue weighted by molar-refractivity contribution is 0.614. The highest BCUT2D eigenvalue weighted by atomic mass is 14.9. The maximum atomic E-state index is 8.62. The van der Waals surface area contributed by atoms with E-state index in [0.29, 0.717) is 12.2 Å². The quantitative estimate of drug-likeness (QED) is 0.764. The molecule has 1 unspecified atom stereocenters. The Bertz CT molecular complexity index is 339. The zero-order valence-electron chi connectivity index (χ0n) is 9.61. The van der Waals surface area contributed by atoms with Gasteiger partial charge in [-0.05, 0) is 18.6 Å². The molecule has 0 saturated heterocycles. The minimum Gasteiger partial charge on any atom is -0.380 e. The van der Waals surface area contributed by atoms with Crippen LogP contribution in [0.2, 0.25) is 0 Å². The predicted molar refractivity (Wildman–Crippen MR) is 64.9 cm³/mol. The van der Waals surface area contributed by atoms with Gasteiger partial charge in [-0.1, -0.05) is 19.8 Å². The zero-order chi connectivity index (χ0) is 11.8. The van der Waals surface area contributed by atoms with Crippen molar-refractivity contribution in [2.75, 3.05) is 11.9 Å². The first-order valence-corrected chi connectivity index (χ1v) is 5.63. The molecule has 1 rings (SSSR count). The van der Waals surface area contributed by atoms with E-state index in [2.05, 4.69) is 17.2 Å². The Labute approximate surface area is 96.5 Å². The molecule has 0 aliphatic carbocycles.